The number of nitrogens with one attached hydrogen (secondary N) is 2. The molecule has 1 aliphatic heterocycles. The number of carbonyl (C=O) groups excluding carboxylic acids is 2. The van der Waals surface area contributed by atoms with Crippen LogP contribution >= 0.6 is 11.6 Å². The number of halogens is 1. The van der Waals surface area contributed by atoms with E-state index in [0.717, 1.165) is 5.56 Å². The summed E-state index contributed by atoms with van der Waals surface area (Å²) in [6.45, 7) is 0. The van der Waals surface area contributed by atoms with E-state index in [2.05, 4.69) is 15.7 Å². The van der Waals surface area contributed by atoms with Gasteiger partial charge in [-0.1, -0.05) is 29.8 Å². The van der Waals surface area contributed by atoms with Gasteiger partial charge in [-0.15, -0.1) is 0 Å². The maximum atomic E-state index is 12.8. The quantitative estimate of drug-likeness (QED) is 0.703. The largest absolute Gasteiger partial charge is 0.496 e. The predicted molar refractivity (Wildman–Crippen MR) is 107 cm³/mol. The summed E-state index contributed by atoms with van der Waals surface area (Å²) in [7, 11) is 1.58. The molecule has 142 valence electrons. The van der Waals surface area contributed by atoms with E-state index in [1.807, 2.05) is 24.3 Å². The van der Waals surface area contributed by atoms with Crippen LogP contribution in [0, 0.1) is 0 Å². The fourth-order valence-electron chi connectivity index (χ4n) is 3.20. The highest BCUT2D eigenvalue weighted by Crippen LogP contribution is 2.38. The molecular formula is C20H17ClN4O3. The maximum absolute atomic E-state index is 12.8. The van der Waals surface area contributed by atoms with E-state index in [1.54, 1.807) is 37.6 Å². The minimum absolute atomic E-state index is 0.000528. The van der Waals surface area contributed by atoms with Crippen LogP contribution in [0.3, 0.4) is 0 Å². The van der Waals surface area contributed by atoms with Crippen molar-refractivity contribution >= 4 is 34.9 Å². The zero-order chi connectivity index (χ0) is 19.7. The fourth-order valence-corrected chi connectivity index (χ4v) is 3.32. The molecule has 0 bridgehead atoms. The summed E-state index contributed by atoms with van der Waals surface area (Å²) in [5.41, 5.74) is 2.07. The third-order valence-corrected chi connectivity index (χ3v) is 4.79. The van der Waals surface area contributed by atoms with Gasteiger partial charge in [0.05, 0.1) is 19.7 Å². The number of carbonyl (C=O) groups is 2. The van der Waals surface area contributed by atoms with E-state index >= 15 is 0 Å². The minimum atomic E-state index is -0.761. The fraction of sp³-hybridized carbons (Fsp3) is 0.150. The number of para-hydroxylation sites is 1. The van der Waals surface area contributed by atoms with Gasteiger partial charge < -0.3 is 15.4 Å². The van der Waals surface area contributed by atoms with Crippen molar-refractivity contribution in [2.24, 2.45) is 0 Å². The number of anilines is 2. The molecule has 0 spiro atoms. The second kappa shape index (κ2) is 7.36. The lowest BCUT2D eigenvalue weighted by Crippen LogP contribution is -2.35. The van der Waals surface area contributed by atoms with Gasteiger partial charge in [-0.2, -0.15) is 5.10 Å². The Kier molecular flexibility index (Phi) is 4.75. The topological polar surface area (TPSA) is 85.2 Å². The first-order valence-corrected chi connectivity index (χ1v) is 9.02. The number of rotatable bonds is 4. The van der Waals surface area contributed by atoms with Crippen molar-refractivity contribution in [3.05, 3.63) is 59.8 Å². The second-order valence-corrected chi connectivity index (χ2v) is 6.75. The second-order valence-electron chi connectivity index (χ2n) is 6.32. The molecule has 2 heterocycles. The molecule has 0 saturated carbocycles. The summed E-state index contributed by atoms with van der Waals surface area (Å²) in [6, 6.07) is 13.4. The lowest BCUT2D eigenvalue weighted by molar-refractivity contribution is -0.125. The summed E-state index contributed by atoms with van der Waals surface area (Å²) < 4.78 is 6.95. The highest BCUT2D eigenvalue weighted by Gasteiger charge is 2.33. The highest BCUT2D eigenvalue weighted by molar-refractivity contribution is 6.30. The Morgan fingerprint density at radius 3 is 2.71 bits per heavy atom. The number of hydrogen-bond acceptors (Lipinski definition) is 4. The third kappa shape index (κ3) is 3.32. The number of aromatic nitrogens is 2. The summed E-state index contributed by atoms with van der Waals surface area (Å²) >= 11 is 5.88. The number of ether oxygens (including phenoxy) is 1. The molecule has 28 heavy (non-hydrogen) atoms. The van der Waals surface area contributed by atoms with Crippen molar-refractivity contribution in [1.82, 2.24) is 9.78 Å². The number of fused-ring (bicyclic) bond motifs is 1. The molecule has 0 saturated heterocycles. The molecule has 0 aliphatic carbocycles. The summed E-state index contributed by atoms with van der Waals surface area (Å²) in [4.78, 5) is 25.1. The molecule has 4 rings (SSSR count). The molecule has 2 aromatic carbocycles. The first-order valence-electron chi connectivity index (χ1n) is 8.64. The van der Waals surface area contributed by atoms with Gasteiger partial charge in [-0.25, -0.2) is 4.68 Å². The molecule has 0 radical (unpaired) electrons. The first-order chi connectivity index (χ1) is 13.6. The molecule has 7 nitrogen and oxygen atoms in total. The van der Waals surface area contributed by atoms with Gasteiger partial charge in [0.2, 0.25) is 11.8 Å². The average Bonchev–Trinajstić information content (AvgIpc) is 3.12. The molecule has 0 unspecified atom stereocenters. The van der Waals surface area contributed by atoms with Crippen molar-refractivity contribution in [3.8, 4) is 16.9 Å². The summed E-state index contributed by atoms with van der Waals surface area (Å²) in [5.74, 6) is 0.547. The lowest BCUT2D eigenvalue weighted by Gasteiger charge is -2.24. The van der Waals surface area contributed by atoms with Gasteiger partial charge >= 0.3 is 0 Å². The number of benzene rings is 2. The van der Waals surface area contributed by atoms with Crippen LogP contribution in [0.1, 0.15) is 12.5 Å². The van der Waals surface area contributed by atoms with Gasteiger partial charge in [0.1, 0.15) is 17.6 Å². The zero-order valence-electron chi connectivity index (χ0n) is 15.0. The lowest BCUT2D eigenvalue weighted by atomic mass is 10.1. The Morgan fingerprint density at radius 2 is 1.96 bits per heavy atom. The molecule has 2 N–H and O–H groups in total. The van der Waals surface area contributed by atoms with Gasteiger partial charge in [-0.05, 0) is 30.3 Å². The SMILES string of the molecule is COc1ccccc1-c1cnn2c1NC(=O)C[C@@H]2C(=O)Nc1ccc(Cl)cc1. The molecule has 1 aliphatic rings. The van der Waals surface area contributed by atoms with E-state index in [4.69, 9.17) is 16.3 Å². The zero-order valence-corrected chi connectivity index (χ0v) is 15.7. The van der Waals surface area contributed by atoms with Crippen molar-refractivity contribution in [3.63, 3.8) is 0 Å². The number of methoxy groups -OCH3 is 1. The van der Waals surface area contributed by atoms with Gasteiger partial charge in [0.25, 0.3) is 0 Å². The number of amides is 2. The van der Waals surface area contributed by atoms with Crippen LogP contribution in [-0.4, -0.2) is 28.7 Å². The molecule has 3 aromatic rings. The van der Waals surface area contributed by atoms with Crippen LogP contribution in [0.4, 0.5) is 11.5 Å². The minimum Gasteiger partial charge on any atom is -0.496 e. The van der Waals surface area contributed by atoms with Crippen LogP contribution in [0.15, 0.2) is 54.7 Å². The van der Waals surface area contributed by atoms with Crippen LogP contribution in [0.5, 0.6) is 5.75 Å². The van der Waals surface area contributed by atoms with Crippen LogP contribution < -0.4 is 15.4 Å². The van der Waals surface area contributed by atoms with E-state index in [0.29, 0.717) is 27.8 Å². The van der Waals surface area contributed by atoms with Crippen LogP contribution in [0.25, 0.3) is 11.1 Å². The van der Waals surface area contributed by atoms with Crippen LogP contribution in [0.2, 0.25) is 5.02 Å². The molecule has 2 amide bonds. The Morgan fingerprint density at radius 1 is 1.21 bits per heavy atom. The van der Waals surface area contributed by atoms with Crippen molar-refractivity contribution in [1.29, 1.82) is 0 Å². The Hall–Kier alpha value is -3.32. The first kappa shape index (κ1) is 18.1. The smallest absolute Gasteiger partial charge is 0.249 e. The molecular weight excluding hydrogens is 380 g/mol. The number of hydrogen-bond donors (Lipinski definition) is 2. The average molecular weight is 397 g/mol. The molecule has 1 atom stereocenters. The van der Waals surface area contributed by atoms with Crippen molar-refractivity contribution in [2.75, 3.05) is 17.7 Å². The third-order valence-electron chi connectivity index (χ3n) is 4.54. The highest BCUT2D eigenvalue weighted by atomic mass is 35.5. The Balaban J connectivity index is 1.68. The molecule has 0 fully saturated rings. The van der Waals surface area contributed by atoms with Gasteiger partial charge in [0.15, 0.2) is 0 Å². The molecule has 1 aromatic heterocycles. The number of nitrogens with zero attached hydrogens (tertiary/aromatic N) is 2. The standard InChI is InChI=1S/C20H17ClN4O3/c1-28-17-5-3-2-4-14(17)15-11-22-25-16(10-18(26)24-19(15)25)20(27)23-13-8-6-12(21)7-9-13/h2-9,11,16H,10H2,1H3,(H,23,27)(H,24,26)/t16-/m1/s1. The van der Waals surface area contributed by atoms with E-state index < -0.39 is 6.04 Å². The Bertz CT molecular complexity index is 1050. The van der Waals surface area contributed by atoms with Crippen LogP contribution in [-0.2, 0) is 9.59 Å². The van der Waals surface area contributed by atoms with E-state index in [-0.39, 0.29) is 18.2 Å². The van der Waals surface area contributed by atoms with E-state index in [1.165, 1.54) is 4.68 Å². The summed E-state index contributed by atoms with van der Waals surface area (Å²) in [5, 5.41) is 10.6. The van der Waals surface area contributed by atoms with Crippen molar-refractivity contribution < 1.29 is 14.3 Å². The van der Waals surface area contributed by atoms with E-state index in [9.17, 15) is 9.59 Å². The molecule has 8 heteroatoms. The normalized spacial score (nSPS) is 15.5. The predicted octanol–water partition coefficient (Wildman–Crippen LogP) is 3.73. The maximum Gasteiger partial charge on any atom is 0.249 e. The summed E-state index contributed by atoms with van der Waals surface area (Å²) in [6.07, 6.45) is 1.63. The van der Waals surface area contributed by atoms with Gasteiger partial charge in [0, 0.05) is 21.8 Å². The van der Waals surface area contributed by atoms with Gasteiger partial charge in [-0.3, -0.25) is 9.59 Å². The monoisotopic (exact) mass is 396 g/mol. The Labute approximate surface area is 166 Å². The van der Waals surface area contributed by atoms with Crippen molar-refractivity contribution in [2.45, 2.75) is 12.5 Å².